The SMILES string of the molecule is CN=C(NCCNS(=O)(=O)c1cccnc1)N(C)Cc1ccc2c(c1)OCO2. The average Bonchev–Trinajstić information content (AvgIpc) is 3.16. The van der Waals surface area contributed by atoms with Crippen molar-refractivity contribution in [2.75, 3.05) is 34.0 Å². The van der Waals surface area contributed by atoms with Crippen molar-refractivity contribution in [2.24, 2.45) is 4.99 Å². The number of nitrogens with one attached hydrogen (secondary N) is 2. The summed E-state index contributed by atoms with van der Waals surface area (Å²) in [5.41, 5.74) is 1.05. The number of nitrogens with zero attached hydrogens (tertiary/aromatic N) is 3. The van der Waals surface area contributed by atoms with Gasteiger partial charge in [0.05, 0.1) is 0 Å². The number of hydrogen-bond donors (Lipinski definition) is 2. The van der Waals surface area contributed by atoms with E-state index >= 15 is 0 Å². The van der Waals surface area contributed by atoms with E-state index in [9.17, 15) is 8.42 Å². The predicted molar refractivity (Wildman–Crippen MR) is 105 cm³/mol. The van der Waals surface area contributed by atoms with Gasteiger partial charge in [-0.05, 0) is 29.8 Å². The van der Waals surface area contributed by atoms with Crippen LogP contribution in [0.25, 0.3) is 0 Å². The van der Waals surface area contributed by atoms with Crippen molar-refractivity contribution in [3.8, 4) is 11.5 Å². The van der Waals surface area contributed by atoms with E-state index in [4.69, 9.17) is 9.47 Å². The fourth-order valence-corrected chi connectivity index (χ4v) is 3.72. The topological polar surface area (TPSA) is 105 Å². The summed E-state index contributed by atoms with van der Waals surface area (Å²) in [6, 6.07) is 8.88. The van der Waals surface area contributed by atoms with Crippen LogP contribution in [0.5, 0.6) is 11.5 Å². The van der Waals surface area contributed by atoms with E-state index in [2.05, 4.69) is 20.0 Å². The molecule has 0 bridgehead atoms. The first-order valence-electron chi connectivity index (χ1n) is 8.69. The zero-order valence-electron chi connectivity index (χ0n) is 15.8. The standard InChI is InChI=1S/C18H23N5O4S/c1-19-18(21-8-9-22-28(24,25)15-4-3-7-20-11-15)23(2)12-14-5-6-16-17(10-14)27-13-26-16/h3-7,10-11,22H,8-9,12-13H2,1-2H3,(H,19,21). The van der Waals surface area contributed by atoms with Gasteiger partial charge in [0.2, 0.25) is 16.8 Å². The Labute approximate surface area is 164 Å². The summed E-state index contributed by atoms with van der Waals surface area (Å²) in [4.78, 5) is 10.1. The van der Waals surface area contributed by atoms with Crippen LogP contribution >= 0.6 is 0 Å². The van der Waals surface area contributed by atoms with Crippen molar-refractivity contribution >= 4 is 16.0 Å². The molecule has 28 heavy (non-hydrogen) atoms. The number of aliphatic imine (C=N–C) groups is 1. The maximum Gasteiger partial charge on any atom is 0.242 e. The lowest BCUT2D eigenvalue weighted by molar-refractivity contribution is 0.174. The van der Waals surface area contributed by atoms with Crippen molar-refractivity contribution in [3.63, 3.8) is 0 Å². The quantitative estimate of drug-likeness (QED) is 0.399. The van der Waals surface area contributed by atoms with Gasteiger partial charge in [-0.25, -0.2) is 13.1 Å². The molecule has 1 aromatic carbocycles. The van der Waals surface area contributed by atoms with E-state index in [-0.39, 0.29) is 18.2 Å². The first kappa shape index (κ1) is 19.9. The number of rotatable bonds is 7. The maximum atomic E-state index is 12.2. The van der Waals surface area contributed by atoms with Crippen LogP contribution in [0.1, 0.15) is 5.56 Å². The molecule has 0 atom stereocenters. The van der Waals surface area contributed by atoms with Gasteiger partial charge in [-0.1, -0.05) is 6.07 Å². The van der Waals surface area contributed by atoms with Gasteiger partial charge in [0, 0.05) is 46.1 Å². The van der Waals surface area contributed by atoms with E-state index in [1.165, 1.54) is 18.5 Å². The van der Waals surface area contributed by atoms with Crippen molar-refractivity contribution in [1.29, 1.82) is 0 Å². The molecule has 3 rings (SSSR count). The number of pyridine rings is 1. The molecule has 0 radical (unpaired) electrons. The Kier molecular flexibility index (Phi) is 6.32. The fourth-order valence-electron chi connectivity index (χ4n) is 2.72. The number of benzene rings is 1. The molecule has 150 valence electrons. The van der Waals surface area contributed by atoms with Gasteiger partial charge in [0.1, 0.15) is 4.90 Å². The Hall–Kier alpha value is -2.85. The third kappa shape index (κ3) is 4.90. The summed E-state index contributed by atoms with van der Waals surface area (Å²) in [5, 5.41) is 3.14. The Morgan fingerprint density at radius 2 is 2.07 bits per heavy atom. The summed E-state index contributed by atoms with van der Waals surface area (Å²) >= 11 is 0. The average molecular weight is 405 g/mol. The molecule has 2 heterocycles. The third-order valence-electron chi connectivity index (χ3n) is 4.07. The third-order valence-corrected chi connectivity index (χ3v) is 5.52. The lowest BCUT2D eigenvalue weighted by Crippen LogP contribution is -2.42. The van der Waals surface area contributed by atoms with Crippen molar-refractivity contribution in [2.45, 2.75) is 11.4 Å². The molecule has 9 nitrogen and oxygen atoms in total. The van der Waals surface area contributed by atoms with Crippen molar-refractivity contribution in [3.05, 3.63) is 48.3 Å². The molecule has 0 saturated carbocycles. The number of fused-ring (bicyclic) bond motifs is 1. The van der Waals surface area contributed by atoms with E-state index in [0.29, 0.717) is 19.0 Å². The van der Waals surface area contributed by atoms with Gasteiger partial charge >= 0.3 is 0 Å². The van der Waals surface area contributed by atoms with Crippen LogP contribution < -0.4 is 19.5 Å². The Morgan fingerprint density at radius 1 is 1.25 bits per heavy atom. The first-order valence-corrected chi connectivity index (χ1v) is 10.2. The van der Waals surface area contributed by atoms with E-state index in [1.807, 2.05) is 30.1 Å². The highest BCUT2D eigenvalue weighted by atomic mass is 32.2. The Morgan fingerprint density at radius 3 is 2.82 bits per heavy atom. The highest BCUT2D eigenvalue weighted by Crippen LogP contribution is 2.32. The van der Waals surface area contributed by atoms with Crippen LogP contribution in [0.2, 0.25) is 0 Å². The van der Waals surface area contributed by atoms with Gasteiger partial charge in [-0.15, -0.1) is 0 Å². The highest BCUT2D eigenvalue weighted by Gasteiger charge is 2.15. The summed E-state index contributed by atoms with van der Waals surface area (Å²) in [7, 11) is 0.0100. The molecular formula is C18H23N5O4S. The normalized spacial score (nSPS) is 13.4. The first-order chi connectivity index (χ1) is 13.5. The zero-order valence-corrected chi connectivity index (χ0v) is 16.6. The maximum absolute atomic E-state index is 12.2. The van der Waals surface area contributed by atoms with Crippen molar-refractivity contribution in [1.82, 2.24) is 19.9 Å². The molecule has 1 aliphatic heterocycles. The molecule has 2 aromatic rings. The summed E-state index contributed by atoms with van der Waals surface area (Å²) in [6.07, 6.45) is 2.84. The summed E-state index contributed by atoms with van der Waals surface area (Å²) < 4.78 is 37.6. The number of aromatic nitrogens is 1. The molecule has 0 amide bonds. The molecule has 1 aromatic heterocycles. The van der Waals surface area contributed by atoms with Crippen LogP contribution in [0.4, 0.5) is 0 Å². The molecular weight excluding hydrogens is 382 g/mol. The molecule has 0 spiro atoms. The van der Waals surface area contributed by atoms with Crippen LogP contribution in [-0.2, 0) is 16.6 Å². The van der Waals surface area contributed by atoms with Gasteiger partial charge in [-0.3, -0.25) is 9.98 Å². The number of guanidine groups is 1. The van der Waals surface area contributed by atoms with Crippen LogP contribution in [0, 0.1) is 0 Å². The minimum Gasteiger partial charge on any atom is -0.454 e. The lowest BCUT2D eigenvalue weighted by Gasteiger charge is -2.22. The number of ether oxygens (including phenoxy) is 2. The van der Waals surface area contributed by atoms with Gasteiger partial charge in [0.15, 0.2) is 17.5 Å². The number of hydrogen-bond acceptors (Lipinski definition) is 6. The molecule has 0 saturated heterocycles. The second kappa shape index (κ2) is 8.89. The van der Waals surface area contributed by atoms with Crippen LogP contribution in [-0.4, -0.2) is 58.2 Å². The van der Waals surface area contributed by atoms with Gasteiger partial charge < -0.3 is 19.7 Å². The largest absolute Gasteiger partial charge is 0.454 e. The lowest BCUT2D eigenvalue weighted by atomic mass is 10.2. The summed E-state index contributed by atoms with van der Waals surface area (Å²) in [5.74, 6) is 2.13. The fraction of sp³-hybridized carbons (Fsp3) is 0.333. The van der Waals surface area contributed by atoms with Gasteiger partial charge in [-0.2, -0.15) is 0 Å². The minimum atomic E-state index is -3.57. The van der Waals surface area contributed by atoms with Gasteiger partial charge in [0.25, 0.3) is 0 Å². The van der Waals surface area contributed by atoms with Crippen LogP contribution in [0.3, 0.4) is 0 Å². The van der Waals surface area contributed by atoms with Crippen LogP contribution in [0.15, 0.2) is 52.6 Å². The minimum absolute atomic E-state index is 0.138. The van der Waals surface area contributed by atoms with E-state index in [0.717, 1.165) is 17.1 Å². The van der Waals surface area contributed by atoms with E-state index < -0.39 is 10.0 Å². The smallest absolute Gasteiger partial charge is 0.242 e. The number of sulfonamides is 1. The second-order valence-corrected chi connectivity index (χ2v) is 7.87. The molecule has 0 aliphatic carbocycles. The molecule has 2 N–H and O–H groups in total. The zero-order chi connectivity index (χ0) is 20.0. The Bertz CT molecular complexity index is 934. The summed E-state index contributed by atoms with van der Waals surface area (Å²) in [6.45, 7) is 1.45. The molecule has 0 unspecified atom stereocenters. The highest BCUT2D eigenvalue weighted by molar-refractivity contribution is 7.89. The predicted octanol–water partition coefficient (Wildman–Crippen LogP) is 0.796. The Balaban J connectivity index is 1.49. The molecule has 0 fully saturated rings. The molecule has 10 heteroatoms. The van der Waals surface area contributed by atoms with Crippen molar-refractivity contribution < 1.29 is 17.9 Å². The van der Waals surface area contributed by atoms with E-state index in [1.54, 1.807) is 13.1 Å². The monoisotopic (exact) mass is 405 g/mol. The molecule has 1 aliphatic rings. The second-order valence-electron chi connectivity index (χ2n) is 6.10.